The molecule has 1 atom stereocenters. The van der Waals surface area contributed by atoms with Gasteiger partial charge in [-0.05, 0) is 149 Å². The van der Waals surface area contributed by atoms with E-state index in [-0.39, 0.29) is 16.7 Å². The van der Waals surface area contributed by atoms with Gasteiger partial charge in [-0.15, -0.1) is 0 Å². The smallest absolute Gasteiger partial charge is 0.135 e. The minimum absolute atomic E-state index is 0.143. The second kappa shape index (κ2) is 15.4. The fourth-order valence-electron chi connectivity index (χ4n) is 12.1. The Labute approximate surface area is 399 Å². The molecule has 0 saturated carbocycles. The van der Waals surface area contributed by atoms with Crippen LogP contribution in [0.4, 0.5) is 0 Å². The van der Waals surface area contributed by atoms with Gasteiger partial charge < -0.3 is 4.42 Å². The van der Waals surface area contributed by atoms with Gasteiger partial charge in [0, 0.05) is 27.5 Å². The van der Waals surface area contributed by atoms with Crippen molar-refractivity contribution in [3.63, 3.8) is 0 Å². The highest BCUT2D eigenvalue weighted by atomic mass is 16.3. The molecule has 0 aliphatic heterocycles. The van der Waals surface area contributed by atoms with Gasteiger partial charge in [0.15, 0.2) is 0 Å². The van der Waals surface area contributed by atoms with Crippen molar-refractivity contribution in [2.75, 3.05) is 0 Å². The third-order valence-electron chi connectivity index (χ3n) is 15.8. The molecule has 1 heterocycles. The Hall–Kier alpha value is -7.74. The number of para-hydroxylation sites is 1. The lowest BCUT2D eigenvalue weighted by Crippen LogP contribution is -2.16. The van der Waals surface area contributed by atoms with E-state index in [0.29, 0.717) is 0 Å². The molecular formula is C67H52O. The van der Waals surface area contributed by atoms with Gasteiger partial charge in [0.25, 0.3) is 0 Å². The van der Waals surface area contributed by atoms with Crippen LogP contribution in [-0.4, -0.2) is 0 Å². The topological polar surface area (TPSA) is 13.1 Å². The van der Waals surface area contributed by atoms with Gasteiger partial charge in [0.2, 0.25) is 0 Å². The van der Waals surface area contributed by atoms with Gasteiger partial charge in [0.1, 0.15) is 11.2 Å². The minimum Gasteiger partial charge on any atom is -0.456 e. The molecule has 0 N–H and O–H groups in total. The van der Waals surface area contributed by atoms with Crippen molar-refractivity contribution < 1.29 is 4.42 Å². The van der Waals surface area contributed by atoms with Crippen LogP contribution in [0.1, 0.15) is 79.0 Å². The summed E-state index contributed by atoms with van der Waals surface area (Å²) in [6, 6.07) is 79.5. The van der Waals surface area contributed by atoms with Crippen molar-refractivity contribution in [1.29, 1.82) is 0 Å². The molecule has 0 spiro atoms. The summed E-state index contributed by atoms with van der Waals surface area (Å²) in [5, 5.41) is 4.96. The second-order valence-electron chi connectivity index (χ2n) is 20.3. The van der Waals surface area contributed by atoms with Crippen molar-refractivity contribution in [2.24, 2.45) is 0 Å². The first-order chi connectivity index (χ1) is 33.2. The first kappa shape index (κ1) is 40.5. The van der Waals surface area contributed by atoms with Crippen LogP contribution >= 0.6 is 0 Å². The van der Waals surface area contributed by atoms with Crippen LogP contribution in [0, 0.1) is 0 Å². The highest BCUT2D eigenvalue weighted by Gasteiger charge is 2.38. The van der Waals surface area contributed by atoms with Crippen LogP contribution in [0.25, 0.3) is 88.3 Å². The molecule has 0 radical (unpaired) electrons. The van der Waals surface area contributed by atoms with Crippen LogP contribution in [0.2, 0.25) is 0 Å². The van der Waals surface area contributed by atoms with E-state index in [1.165, 1.54) is 105 Å². The quantitative estimate of drug-likeness (QED) is 0.148. The van der Waals surface area contributed by atoms with E-state index in [9.17, 15) is 0 Å². The summed E-state index contributed by atoms with van der Waals surface area (Å²) in [7, 11) is 0. The van der Waals surface area contributed by atoms with Crippen molar-refractivity contribution in [2.45, 2.75) is 57.3 Å². The van der Waals surface area contributed by atoms with Gasteiger partial charge in [-0.25, -0.2) is 0 Å². The average Bonchev–Trinajstić information content (AvgIpc) is 3.95. The van der Waals surface area contributed by atoms with Crippen LogP contribution in [-0.2, 0) is 17.3 Å². The summed E-state index contributed by atoms with van der Waals surface area (Å²) in [6.45, 7) is 9.66. The predicted octanol–water partition coefficient (Wildman–Crippen LogP) is 18.1. The monoisotopic (exact) mass is 872 g/mol. The average molecular weight is 873 g/mol. The third kappa shape index (κ3) is 6.36. The zero-order valence-electron chi connectivity index (χ0n) is 39.1. The Morgan fingerprint density at radius 3 is 1.56 bits per heavy atom. The zero-order valence-corrected chi connectivity index (χ0v) is 39.1. The summed E-state index contributed by atoms with van der Waals surface area (Å²) in [6.07, 6.45) is 1.95. The molecule has 2 aliphatic carbocycles. The minimum atomic E-state index is -0.146. The number of benzene rings is 10. The van der Waals surface area contributed by atoms with Crippen molar-refractivity contribution >= 4 is 32.7 Å². The van der Waals surface area contributed by atoms with Crippen molar-refractivity contribution in [1.82, 2.24) is 0 Å². The van der Waals surface area contributed by atoms with Crippen LogP contribution in [0.5, 0.6) is 0 Å². The van der Waals surface area contributed by atoms with Gasteiger partial charge in [-0.3, -0.25) is 0 Å². The van der Waals surface area contributed by atoms with Gasteiger partial charge in [-0.2, -0.15) is 0 Å². The molecule has 0 saturated heterocycles. The summed E-state index contributed by atoms with van der Waals surface area (Å²) >= 11 is 0. The molecule has 0 amide bonds. The van der Waals surface area contributed by atoms with Gasteiger partial charge >= 0.3 is 0 Å². The standard InChI is InChI=1S/C67H52O/c1-66(2)60-37-42(24-30-54(60)55-32-26-47(40-62(55)66)45-28-36-65-59(38-45)58-21-13-14-22-64(58)68-65)23-29-50(53-35-34-49(44-17-9-6-10-18-44)51-19-11-12-20-52(51)53)48-27-33-57-56-31-25-46(43-15-7-5-8-16-43)39-61(56)67(3,4)63(57)41-48/h5-22,24-28,30-41,50H,23,29H2,1-4H3. The van der Waals surface area contributed by atoms with E-state index < -0.39 is 0 Å². The highest BCUT2D eigenvalue weighted by molar-refractivity contribution is 6.06. The lowest BCUT2D eigenvalue weighted by Gasteiger charge is -2.26. The fourth-order valence-corrected chi connectivity index (χ4v) is 12.1. The van der Waals surface area contributed by atoms with E-state index in [1.54, 1.807) is 0 Å². The van der Waals surface area contributed by atoms with Crippen LogP contribution in [0.15, 0.2) is 217 Å². The highest BCUT2D eigenvalue weighted by Crippen LogP contribution is 2.53. The predicted molar refractivity (Wildman–Crippen MR) is 286 cm³/mol. The Morgan fingerprint density at radius 1 is 0.353 bits per heavy atom. The largest absolute Gasteiger partial charge is 0.456 e. The normalized spacial score (nSPS) is 14.5. The first-order valence-corrected chi connectivity index (χ1v) is 24.3. The molecule has 0 fully saturated rings. The number of aryl methyl sites for hydroxylation is 1. The Kier molecular flexibility index (Phi) is 9.18. The summed E-state index contributed by atoms with van der Waals surface area (Å²) in [4.78, 5) is 0. The first-order valence-electron chi connectivity index (χ1n) is 24.3. The molecule has 10 aromatic carbocycles. The number of rotatable bonds is 8. The maximum atomic E-state index is 6.18. The summed E-state index contributed by atoms with van der Waals surface area (Å²) in [5.74, 6) is 0.181. The zero-order chi connectivity index (χ0) is 45.7. The molecule has 13 rings (SSSR count). The van der Waals surface area contributed by atoms with E-state index in [1.807, 2.05) is 6.07 Å². The molecule has 11 aromatic rings. The van der Waals surface area contributed by atoms with Crippen LogP contribution in [0.3, 0.4) is 0 Å². The lowest BCUT2D eigenvalue weighted by atomic mass is 9.77. The molecule has 1 nitrogen and oxygen atoms in total. The Morgan fingerprint density at radius 2 is 0.853 bits per heavy atom. The Bertz CT molecular complexity index is 3790. The number of furan rings is 1. The lowest BCUT2D eigenvalue weighted by molar-refractivity contribution is 0.653. The molecule has 0 bridgehead atoms. The van der Waals surface area contributed by atoms with Gasteiger partial charge in [-0.1, -0.05) is 210 Å². The summed E-state index contributed by atoms with van der Waals surface area (Å²) < 4.78 is 6.18. The van der Waals surface area contributed by atoms with E-state index in [2.05, 4.69) is 234 Å². The van der Waals surface area contributed by atoms with E-state index in [4.69, 9.17) is 4.42 Å². The fraction of sp³-hybridized carbons (Fsp3) is 0.134. The third-order valence-corrected chi connectivity index (χ3v) is 15.8. The molecule has 1 unspecified atom stereocenters. The number of fused-ring (bicyclic) bond motifs is 10. The maximum Gasteiger partial charge on any atom is 0.135 e. The molecule has 1 aromatic heterocycles. The molecular weight excluding hydrogens is 821 g/mol. The van der Waals surface area contributed by atoms with E-state index in [0.717, 1.165) is 34.8 Å². The number of hydrogen-bond acceptors (Lipinski definition) is 1. The molecule has 326 valence electrons. The second-order valence-corrected chi connectivity index (χ2v) is 20.3. The molecule has 68 heavy (non-hydrogen) atoms. The molecule has 2 aliphatic rings. The van der Waals surface area contributed by atoms with Crippen LogP contribution < -0.4 is 0 Å². The SMILES string of the molecule is CC1(C)c2cc(CCC(c3ccc4c(c3)C(C)(C)c3cc(-c5ccccc5)ccc3-4)c3ccc(-c4ccccc4)c4ccccc34)ccc2-c2ccc(-c3ccc4oc5ccccc5c4c3)cc21. The summed E-state index contributed by atoms with van der Waals surface area (Å²) in [5.41, 5.74) is 24.3. The van der Waals surface area contributed by atoms with E-state index >= 15 is 0 Å². The van der Waals surface area contributed by atoms with Gasteiger partial charge in [0.05, 0.1) is 0 Å². The number of hydrogen-bond donors (Lipinski definition) is 0. The molecule has 1 heteroatoms. The maximum absolute atomic E-state index is 6.18. The Balaban J connectivity index is 0.868. The van der Waals surface area contributed by atoms with Crippen molar-refractivity contribution in [3.05, 3.63) is 251 Å². The van der Waals surface area contributed by atoms with Crippen molar-refractivity contribution in [3.8, 4) is 55.6 Å².